The van der Waals surface area contributed by atoms with Crippen molar-refractivity contribution in [1.29, 1.82) is 0 Å². The van der Waals surface area contributed by atoms with Gasteiger partial charge in [0.15, 0.2) is 0 Å². The lowest BCUT2D eigenvalue weighted by molar-refractivity contribution is -0.117. The van der Waals surface area contributed by atoms with Crippen LogP contribution in [0.4, 0.5) is 9.52 Å². The van der Waals surface area contributed by atoms with Gasteiger partial charge in [-0.1, -0.05) is 23.5 Å². The minimum atomic E-state index is -0.477. The first kappa shape index (κ1) is 18.4. The Labute approximate surface area is 163 Å². The highest BCUT2D eigenvalue weighted by molar-refractivity contribution is 7.15. The minimum Gasteiger partial charge on any atom is -0.371 e. The molecule has 1 amide bonds. The lowest BCUT2D eigenvalue weighted by Gasteiger charge is -2.07. The summed E-state index contributed by atoms with van der Waals surface area (Å²) in [5.41, 5.74) is 0.0524. The van der Waals surface area contributed by atoms with Gasteiger partial charge in [-0.05, 0) is 31.0 Å². The van der Waals surface area contributed by atoms with Crippen molar-refractivity contribution in [2.75, 3.05) is 11.9 Å². The summed E-state index contributed by atoms with van der Waals surface area (Å²) in [5.74, 6) is -0.935. The van der Waals surface area contributed by atoms with Crippen molar-refractivity contribution in [3.05, 3.63) is 57.6 Å². The van der Waals surface area contributed by atoms with Gasteiger partial charge >= 0.3 is 0 Å². The van der Waals surface area contributed by atoms with Gasteiger partial charge in [0, 0.05) is 18.2 Å². The summed E-state index contributed by atoms with van der Waals surface area (Å²) in [6.45, 7) is 0.370. The predicted octanol–water partition coefficient (Wildman–Crippen LogP) is 2.39. The maximum absolute atomic E-state index is 14.0. The van der Waals surface area contributed by atoms with Crippen LogP contribution in [0.15, 0.2) is 41.2 Å². The van der Waals surface area contributed by atoms with E-state index in [2.05, 4.69) is 20.6 Å². The van der Waals surface area contributed by atoms with E-state index < -0.39 is 17.3 Å². The molecule has 1 aromatic carbocycles. The average molecular weight is 401 g/mol. The molecule has 8 nitrogen and oxygen atoms in total. The molecule has 1 N–H and O–H groups in total. The van der Waals surface area contributed by atoms with Crippen LogP contribution < -0.4 is 10.9 Å². The topological polar surface area (TPSA) is 99.0 Å². The van der Waals surface area contributed by atoms with Crippen LogP contribution >= 0.6 is 11.3 Å². The number of carbonyl (C=O) groups excluding carboxylic acids is 1. The fourth-order valence-electron chi connectivity index (χ4n) is 2.86. The molecule has 1 aliphatic rings. The fourth-order valence-corrected chi connectivity index (χ4v) is 3.70. The molecular formula is C18H16FN5O3S. The smallest absolute Gasteiger partial charge is 0.267 e. The summed E-state index contributed by atoms with van der Waals surface area (Å²) in [5, 5.41) is 15.7. The molecule has 3 aromatic rings. The van der Waals surface area contributed by atoms with Gasteiger partial charge in [-0.25, -0.2) is 9.07 Å². The number of rotatable bonds is 5. The van der Waals surface area contributed by atoms with Crippen molar-refractivity contribution in [3.8, 4) is 11.3 Å². The molecule has 1 unspecified atom stereocenters. The van der Waals surface area contributed by atoms with Crippen LogP contribution in [0.5, 0.6) is 0 Å². The standard InChI is InChI=1S/C18H16FN5O3S/c19-12-5-2-1-4-11(12)13-7-8-16(26)24(23-13)10-15(25)20-18-22-21-17(28-18)14-6-3-9-27-14/h1-2,4-5,7-8,14H,3,6,9-10H2,(H,20,22,25). The first-order valence-corrected chi connectivity index (χ1v) is 9.50. The van der Waals surface area contributed by atoms with Crippen LogP contribution in [-0.4, -0.2) is 32.5 Å². The lowest BCUT2D eigenvalue weighted by Crippen LogP contribution is -2.29. The third-order valence-electron chi connectivity index (χ3n) is 4.20. The molecule has 0 spiro atoms. The van der Waals surface area contributed by atoms with Crippen LogP contribution in [0.2, 0.25) is 0 Å². The highest BCUT2D eigenvalue weighted by Gasteiger charge is 2.22. The Kier molecular flexibility index (Phi) is 5.22. The third kappa shape index (κ3) is 3.97. The Morgan fingerprint density at radius 1 is 1.29 bits per heavy atom. The van der Waals surface area contributed by atoms with Gasteiger partial charge in [0.25, 0.3) is 5.56 Å². The molecule has 4 rings (SSSR count). The van der Waals surface area contributed by atoms with Crippen LogP contribution in [0.3, 0.4) is 0 Å². The minimum absolute atomic E-state index is 0.0788. The van der Waals surface area contributed by atoms with Crippen LogP contribution in [0.1, 0.15) is 24.0 Å². The third-order valence-corrected chi connectivity index (χ3v) is 5.13. The SMILES string of the molecule is O=C(Cn1nc(-c2ccccc2F)ccc1=O)Nc1nnc(C2CCCO2)s1. The second kappa shape index (κ2) is 7.95. The van der Waals surface area contributed by atoms with E-state index in [1.165, 1.54) is 29.5 Å². The van der Waals surface area contributed by atoms with E-state index in [0.717, 1.165) is 17.5 Å². The number of aromatic nitrogens is 4. The maximum Gasteiger partial charge on any atom is 0.267 e. The van der Waals surface area contributed by atoms with E-state index in [9.17, 15) is 14.0 Å². The number of hydrogen-bond donors (Lipinski definition) is 1. The zero-order valence-electron chi connectivity index (χ0n) is 14.7. The van der Waals surface area contributed by atoms with Gasteiger partial charge in [-0.3, -0.25) is 14.9 Å². The molecule has 3 heterocycles. The number of anilines is 1. The number of hydrogen-bond acceptors (Lipinski definition) is 7. The van der Waals surface area contributed by atoms with E-state index in [4.69, 9.17) is 4.74 Å². The molecule has 1 fully saturated rings. The van der Waals surface area contributed by atoms with Gasteiger partial charge in [0.05, 0.1) is 5.69 Å². The van der Waals surface area contributed by atoms with Crippen LogP contribution in [0.25, 0.3) is 11.3 Å². The summed E-state index contributed by atoms with van der Waals surface area (Å²) in [6, 6.07) is 8.77. The Morgan fingerprint density at radius 2 is 2.14 bits per heavy atom. The van der Waals surface area contributed by atoms with Gasteiger partial charge < -0.3 is 4.74 Å². The largest absolute Gasteiger partial charge is 0.371 e. The molecule has 1 atom stereocenters. The van der Waals surface area contributed by atoms with Crippen molar-refractivity contribution < 1.29 is 13.9 Å². The number of benzene rings is 1. The van der Waals surface area contributed by atoms with Crippen molar-refractivity contribution in [1.82, 2.24) is 20.0 Å². The number of nitrogens with zero attached hydrogens (tertiary/aromatic N) is 4. The Hall–Kier alpha value is -2.98. The number of amides is 1. The average Bonchev–Trinajstić information content (AvgIpc) is 3.36. The fraction of sp³-hybridized carbons (Fsp3) is 0.278. The maximum atomic E-state index is 14.0. The Bertz CT molecular complexity index is 1060. The lowest BCUT2D eigenvalue weighted by atomic mass is 10.1. The van der Waals surface area contributed by atoms with Crippen molar-refractivity contribution in [3.63, 3.8) is 0 Å². The molecule has 0 bridgehead atoms. The molecule has 1 saturated heterocycles. The molecule has 1 aliphatic heterocycles. The van der Waals surface area contributed by atoms with Gasteiger partial charge in [-0.15, -0.1) is 10.2 Å². The molecule has 0 aliphatic carbocycles. The van der Waals surface area contributed by atoms with Gasteiger partial charge in [0.2, 0.25) is 11.0 Å². The van der Waals surface area contributed by atoms with E-state index in [-0.39, 0.29) is 23.9 Å². The van der Waals surface area contributed by atoms with E-state index in [1.807, 2.05) is 0 Å². The second-order valence-corrected chi connectivity index (χ2v) is 7.20. The highest BCUT2D eigenvalue weighted by Crippen LogP contribution is 2.31. The van der Waals surface area contributed by atoms with E-state index >= 15 is 0 Å². The number of ether oxygens (including phenoxy) is 1. The molecule has 2 aromatic heterocycles. The number of carbonyl (C=O) groups is 1. The van der Waals surface area contributed by atoms with Crippen LogP contribution in [-0.2, 0) is 16.1 Å². The van der Waals surface area contributed by atoms with Gasteiger partial charge in [-0.2, -0.15) is 5.10 Å². The zero-order chi connectivity index (χ0) is 19.5. The number of nitrogens with one attached hydrogen (secondary N) is 1. The summed E-state index contributed by atoms with van der Waals surface area (Å²) < 4.78 is 20.5. The quantitative estimate of drug-likeness (QED) is 0.705. The van der Waals surface area contributed by atoms with Crippen molar-refractivity contribution >= 4 is 22.4 Å². The molecule has 0 saturated carbocycles. The zero-order valence-corrected chi connectivity index (χ0v) is 15.5. The summed E-state index contributed by atoms with van der Waals surface area (Å²) in [7, 11) is 0. The van der Waals surface area contributed by atoms with Crippen molar-refractivity contribution in [2.45, 2.75) is 25.5 Å². The van der Waals surface area contributed by atoms with Crippen LogP contribution in [0, 0.1) is 5.82 Å². The second-order valence-electron chi connectivity index (χ2n) is 6.19. The Balaban J connectivity index is 1.48. The number of halogens is 1. The van der Waals surface area contributed by atoms with Gasteiger partial charge in [0.1, 0.15) is 23.5 Å². The molecule has 28 heavy (non-hydrogen) atoms. The van der Waals surface area contributed by atoms with E-state index in [1.54, 1.807) is 18.2 Å². The summed E-state index contributed by atoms with van der Waals surface area (Å²) >= 11 is 1.24. The monoisotopic (exact) mass is 401 g/mol. The molecular weight excluding hydrogens is 385 g/mol. The summed E-state index contributed by atoms with van der Waals surface area (Å²) in [4.78, 5) is 24.3. The molecule has 10 heteroatoms. The first-order valence-electron chi connectivity index (χ1n) is 8.68. The molecule has 144 valence electrons. The highest BCUT2D eigenvalue weighted by atomic mass is 32.1. The predicted molar refractivity (Wildman–Crippen MR) is 100 cm³/mol. The molecule has 0 radical (unpaired) electrons. The summed E-state index contributed by atoms with van der Waals surface area (Å²) in [6.07, 6.45) is 1.77. The van der Waals surface area contributed by atoms with Crippen molar-refractivity contribution in [2.24, 2.45) is 0 Å². The van der Waals surface area contributed by atoms with E-state index in [0.29, 0.717) is 16.7 Å². The Morgan fingerprint density at radius 3 is 2.93 bits per heavy atom. The normalized spacial score (nSPS) is 16.2. The first-order chi connectivity index (χ1) is 13.6.